The standard InChI is InChI=1S/C11H12FIN2O/c12-6-1-2-9(10(13)3-6)11(16)15-8-4-7(14)5-8/h1-3,7-8H,4-5,14H2,(H,15,16). The summed E-state index contributed by atoms with van der Waals surface area (Å²) in [6.07, 6.45) is 1.65. The van der Waals surface area contributed by atoms with Gasteiger partial charge in [0.25, 0.3) is 5.91 Å². The summed E-state index contributed by atoms with van der Waals surface area (Å²) in [6.45, 7) is 0. The van der Waals surface area contributed by atoms with Crippen LogP contribution in [0.4, 0.5) is 4.39 Å². The minimum Gasteiger partial charge on any atom is -0.349 e. The van der Waals surface area contributed by atoms with E-state index in [1.54, 1.807) is 0 Å². The van der Waals surface area contributed by atoms with Crippen molar-refractivity contribution in [1.29, 1.82) is 0 Å². The van der Waals surface area contributed by atoms with E-state index in [2.05, 4.69) is 5.32 Å². The van der Waals surface area contributed by atoms with Crippen molar-refractivity contribution >= 4 is 28.5 Å². The first-order valence-electron chi connectivity index (χ1n) is 5.08. The van der Waals surface area contributed by atoms with Crippen LogP contribution in [0.3, 0.4) is 0 Å². The van der Waals surface area contributed by atoms with Gasteiger partial charge in [0.15, 0.2) is 0 Å². The lowest BCUT2D eigenvalue weighted by Gasteiger charge is -2.33. The molecule has 0 atom stereocenters. The fourth-order valence-electron chi connectivity index (χ4n) is 1.72. The maximum atomic E-state index is 12.8. The Bertz CT molecular complexity index is 418. The number of nitrogens with one attached hydrogen (secondary N) is 1. The Balaban J connectivity index is 2.03. The van der Waals surface area contributed by atoms with Gasteiger partial charge in [0.05, 0.1) is 5.56 Å². The highest BCUT2D eigenvalue weighted by Gasteiger charge is 2.27. The number of halogens is 2. The van der Waals surface area contributed by atoms with E-state index in [0.29, 0.717) is 9.13 Å². The van der Waals surface area contributed by atoms with E-state index >= 15 is 0 Å². The molecule has 1 amide bonds. The first kappa shape index (κ1) is 11.8. The van der Waals surface area contributed by atoms with Gasteiger partial charge in [-0.15, -0.1) is 0 Å². The summed E-state index contributed by atoms with van der Waals surface area (Å²) in [7, 11) is 0. The van der Waals surface area contributed by atoms with E-state index in [4.69, 9.17) is 5.73 Å². The smallest absolute Gasteiger partial charge is 0.252 e. The van der Waals surface area contributed by atoms with Gasteiger partial charge in [-0.25, -0.2) is 4.39 Å². The topological polar surface area (TPSA) is 55.1 Å². The van der Waals surface area contributed by atoms with Crippen LogP contribution in [-0.2, 0) is 0 Å². The second kappa shape index (κ2) is 4.67. The molecular formula is C11H12FIN2O. The molecule has 0 radical (unpaired) electrons. The van der Waals surface area contributed by atoms with Gasteiger partial charge in [0.2, 0.25) is 0 Å². The molecule has 3 N–H and O–H groups in total. The molecule has 1 aromatic rings. The predicted molar refractivity (Wildman–Crippen MR) is 67.6 cm³/mol. The number of benzene rings is 1. The minimum absolute atomic E-state index is 0.152. The van der Waals surface area contributed by atoms with Gasteiger partial charge in [-0.2, -0.15) is 0 Å². The second-order valence-electron chi connectivity index (χ2n) is 4.03. The van der Waals surface area contributed by atoms with Crippen LogP contribution in [0.5, 0.6) is 0 Å². The van der Waals surface area contributed by atoms with Gasteiger partial charge < -0.3 is 11.1 Å². The molecule has 0 saturated heterocycles. The highest BCUT2D eigenvalue weighted by molar-refractivity contribution is 14.1. The second-order valence-corrected chi connectivity index (χ2v) is 5.19. The van der Waals surface area contributed by atoms with E-state index in [1.807, 2.05) is 22.6 Å². The van der Waals surface area contributed by atoms with Crippen LogP contribution in [0.1, 0.15) is 23.2 Å². The predicted octanol–water partition coefficient (Wildman–Crippen LogP) is 1.65. The van der Waals surface area contributed by atoms with Gasteiger partial charge in [-0.3, -0.25) is 4.79 Å². The third kappa shape index (κ3) is 2.52. The monoisotopic (exact) mass is 334 g/mol. The summed E-state index contributed by atoms with van der Waals surface area (Å²) < 4.78 is 13.5. The summed E-state index contributed by atoms with van der Waals surface area (Å²) in [5.74, 6) is -0.479. The van der Waals surface area contributed by atoms with Crippen molar-refractivity contribution in [1.82, 2.24) is 5.32 Å². The largest absolute Gasteiger partial charge is 0.349 e. The van der Waals surface area contributed by atoms with Gasteiger partial charge in [0.1, 0.15) is 5.82 Å². The van der Waals surface area contributed by atoms with Crippen molar-refractivity contribution in [3.63, 3.8) is 0 Å². The van der Waals surface area contributed by atoms with Gasteiger partial charge >= 0.3 is 0 Å². The van der Waals surface area contributed by atoms with Crippen LogP contribution in [0.25, 0.3) is 0 Å². The zero-order valence-electron chi connectivity index (χ0n) is 8.54. The van der Waals surface area contributed by atoms with Crippen LogP contribution in [0.2, 0.25) is 0 Å². The molecule has 1 fully saturated rings. The molecule has 0 spiro atoms. The van der Waals surface area contributed by atoms with Crippen molar-refractivity contribution in [2.45, 2.75) is 24.9 Å². The Hall–Kier alpha value is -0.690. The molecule has 5 heteroatoms. The van der Waals surface area contributed by atoms with Crippen molar-refractivity contribution in [3.05, 3.63) is 33.1 Å². The lowest BCUT2D eigenvalue weighted by molar-refractivity contribution is 0.0909. The van der Waals surface area contributed by atoms with Crippen LogP contribution < -0.4 is 11.1 Å². The van der Waals surface area contributed by atoms with E-state index in [-0.39, 0.29) is 23.8 Å². The third-order valence-corrected chi connectivity index (χ3v) is 3.58. The molecule has 0 heterocycles. The first-order chi connectivity index (χ1) is 7.56. The fraction of sp³-hybridized carbons (Fsp3) is 0.364. The van der Waals surface area contributed by atoms with E-state index in [1.165, 1.54) is 18.2 Å². The molecule has 1 aliphatic rings. The molecule has 3 nitrogen and oxygen atoms in total. The van der Waals surface area contributed by atoms with Crippen LogP contribution >= 0.6 is 22.6 Å². The maximum absolute atomic E-state index is 12.8. The van der Waals surface area contributed by atoms with Crippen molar-refractivity contribution in [2.24, 2.45) is 5.73 Å². The lowest BCUT2D eigenvalue weighted by Crippen LogP contribution is -2.50. The van der Waals surface area contributed by atoms with Crippen molar-refractivity contribution in [3.8, 4) is 0 Å². The number of hydrogen-bond acceptors (Lipinski definition) is 2. The molecule has 1 aliphatic carbocycles. The summed E-state index contributed by atoms with van der Waals surface area (Å²) >= 11 is 1.96. The molecule has 86 valence electrons. The summed E-state index contributed by atoms with van der Waals surface area (Å²) in [6, 6.07) is 4.53. The fourth-order valence-corrected chi connectivity index (χ4v) is 2.44. The molecular weight excluding hydrogens is 322 g/mol. The van der Waals surface area contributed by atoms with Crippen molar-refractivity contribution in [2.75, 3.05) is 0 Å². The average molecular weight is 334 g/mol. The normalized spacial score (nSPS) is 23.7. The molecule has 0 aliphatic heterocycles. The number of amides is 1. The summed E-state index contributed by atoms with van der Waals surface area (Å²) in [4.78, 5) is 11.8. The Morgan fingerprint density at radius 3 is 2.75 bits per heavy atom. The zero-order chi connectivity index (χ0) is 11.7. The summed E-state index contributed by atoms with van der Waals surface area (Å²) in [5, 5.41) is 2.88. The molecule has 0 unspecified atom stereocenters. The maximum Gasteiger partial charge on any atom is 0.252 e. The van der Waals surface area contributed by atoms with E-state index in [0.717, 1.165) is 12.8 Å². The van der Waals surface area contributed by atoms with Crippen LogP contribution in [0, 0.1) is 9.39 Å². The number of nitrogens with two attached hydrogens (primary N) is 1. The summed E-state index contributed by atoms with van der Waals surface area (Å²) in [5.41, 5.74) is 6.15. The quantitative estimate of drug-likeness (QED) is 0.808. The third-order valence-electron chi connectivity index (χ3n) is 2.69. The number of hydrogen-bond donors (Lipinski definition) is 2. The highest BCUT2D eigenvalue weighted by Crippen LogP contribution is 2.19. The SMILES string of the molecule is NC1CC(NC(=O)c2ccc(F)cc2I)C1. The molecule has 16 heavy (non-hydrogen) atoms. The lowest BCUT2D eigenvalue weighted by atomic mass is 9.87. The Morgan fingerprint density at radius 1 is 1.50 bits per heavy atom. The molecule has 0 aromatic heterocycles. The van der Waals surface area contributed by atoms with Crippen LogP contribution in [-0.4, -0.2) is 18.0 Å². The Kier molecular flexibility index (Phi) is 3.44. The van der Waals surface area contributed by atoms with E-state index < -0.39 is 0 Å². The van der Waals surface area contributed by atoms with Gasteiger partial charge in [-0.05, 0) is 53.6 Å². The van der Waals surface area contributed by atoms with Gasteiger partial charge in [-0.1, -0.05) is 0 Å². The number of carbonyl (C=O) groups is 1. The zero-order valence-corrected chi connectivity index (χ0v) is 10.7. The Morgan fingerprint density at radius 2 is 2.19 bits per heavy atom. The highest BCUT2D eigenvalue weighted by atomic mass is 127. The average Bonchev–Trinajstić information content (AvgIpc) is 2.15. The van der Waals surface area contributed by atoms with Crippen molar-refractivity contribution < 1.29 is 9.18 Å². The molecule has 2 rings (SSSR count). The number of rotatable bonds is 2. The number of carbonyl (C=O) groups excluding carboxylic acids is 1. The molecule has 0 bridgehead atoms. The molecule has 1 saturated carbocycles. The Labute approximate surface area is 107 Å². The van der Waals surface area contributed by atoms with Crippen LogP contribution in [0.15, 0.2) is 18.2 Å². The van der Waals surface area contributed by atoms with Gasteiger partial charge in [0, 0.05) is 15.7 Å². The minimum atomic E-state index is -0.327. The van der Waals surface area contributed by atoms with E-state index in [9.17, 15) is 9.18 Å². The first-order valence-corrected chi connectivity index (χ1v) is 6.15. The molecule has 1 aromatic carbocycles.